The van der Waals surface area contributed by atoms with E-state index in [-0.39, 0.29) is 11.2 Å². The van der Waals surface area contributed by atoms with Gasteiger partial charge in [-0.2, -0.15) is 4.98 Å². The Labute approximate surface area is 94.7 Å². The van der Waals surface area contributed by atoms with Crippen LogP contribution in [0.5, 0.6) is 0 Å². The summed E-state index contributed by atoms with van der Waals surface area (Å²) in [5, 5.41) is 3.31. The topological polar surface area (TPSA) is 76.3 Å². The molecule has 0 radical (unpaired) electrons. The first-order valence-electron chi connectivity index (χ1n) is 5.20. The summed E-state index contributed by atoms with van der Waals surface area (Å²) in [5.74, 6) is 1.17. The Bertz CT molecular complexity index is 474. The molecule has 6 nitrogen and oxygen atoms in total. The third-order valence-electron chi connectivity index (χ3n) is 2.70. The number of nitrogens with zero attached hydrogens (tertiary/aromatic N) is 3. The molecule has 0 bridgehead atoms. The molecule has 0 N–H and O–H groups in total. The van der Waals surface area contributed by atoms with Crippen LogP contribution in [0.25, 0.3) is 0 Å². The van der Waals surface area contributed by atoms with Gasteiger partial charge in [-0.15, -0.1) is 0 Å². The molecule has 0 atom stereocenters. The van der Waals surface area contributed by atoms with Crippen molar-refractivity contribution in [1.29, 1.82) is 0 Å². The van der Waals surface area contributed by atoms with Gasteiger partial charge in [-0.25, -0.2) is 12.7 Å². The summed E-state index contributed by atoms with van der Waals surface area (Å²) in [6, 6.07) is 0. The number of sulfonamides is 1. The minimum atomic E-state index is -3.13. The van der Waals surface area contributed by atoms with Crippen LogP contribution in [-0.4, -0.2) is 41.2 Å². The van der Waals surface area contributed by atoms with Gasteiger partial charge in [0.1, 0.15) is 0 Å². The number of aryl methyl sites for hydroxylation is 1. The molecule has 0 unspecified atom stereocenters. The summed E-state index contributed by atoms with van der Waals surface area (Å²) < 4.78 is 30.0. The fourth-order valence-corrected chi connectivity index (χ4v) is 2.95. The van der Waals surface area contributed by atoms with Crippen LogP contribution >= 0.6 is 0 Å². The maximum atomic E-state index is 11.8. The first-order chi connectivity index (χ1) is 7.41. The fraction of sp³-hybridized carbons (Fsp3) is 0.778. The van der Waals surface area contributed by atoms with Crippen LogP contribution in [0.15, 0.2) is 4.52 Å². The van der Waals surface area contributed by atoms with Gasteiger partial charge in [-0.1, -0.05) is 5.16 Å². The Morgan fingerprint density at radius 2 is 2.06 bits per heavy atom. The Kier molecular flexibility index (Phi) is 2.75. The van der Waals surface area contributed by atoms with Crippen molar-refractivity contribution in [3.05, 3.63) is 11.7 Å². The molecule has 1 aliphatic rings. The van der Waals surface area contributed by atoms with Crippen LogP contribution in [0.1, 0.15) is 31.5 Å². The molecule has 1 aromatic rings. The maximum absolute atomic E-state index is 11.8. The summed E-state index contributed by atoms with van der Waals surface area (Å²) in [5.41, 5.74) is 0. The standard InChI is InChI=1S/C9H15N3O3S/c1-6(2)16(13,14)12-4-8(5-12)9-10-7(3)11-15-9/h6,8H,4-5H2,1-3H3. The first kappa shape index (κ1) is 11.5. The molecule has 90 valence electrons. The first-order valence-corrected chi connectivity index (χ1v) is 6.70. The summed E-state index contributed by atoms with van der Waals surface area (Å²) in [7, 11) is -3.13. The molecule has 0 spiro atoms. The largest absolute Gasteiger partial charge is 0.339 e. The Morgan fingerprint density at radius 1 is 1.44 bits per heavy atom. The van der Waals surface area contributed by atoms with E-state index in [1.165, 1.54) is 4.31 Å². The van der Waals surface area contributed by atoms with Crippen LogP contribution in [-0.2, 0) is 10.0 Å². The normalized spacial score (nSPS) is 19.0. The number of rotatable bonds is 3. The Morgan fingerprint density at radius 3 is 2.50 bits per heavy atom. The minimum Gasteiger partial charge on any atom is -0.339 e. The smallest absolute Gasteiger partial charge is 0.232 e. The summed E-state index contributed by atoms with van der Waals surface area (Å²) in [4.78, 5) is 4.09. The van der Waals surface area contributed by atoms with Crippen LogP contribution < -0.4 is 0 Å². The van der Waals surface area contributed by atoms with E-state index in [1.54, 1.807) is 20.8 Å². The average Bonchev–Trinajstić information content (AvgIpc) is 2.48. The van der Waals surface area contributed by atoms with Crippen molar-refractivity contribution >= 4 is 10.0 Å². The van der Waals surface area contributed by atoms with E-state index in [4.69, 9.17) is 4.52 Å². The molecule has 1 saturated heterocycles. The molecule has 0 aromatic carbocycles. The highest BCUT2D eigenvalue weighted by molar-refractivity contribution is 7.89. The lowest BCUT2D eigenvalue weighted by atomic mass is 10.0. The van der Waals surface area contributed by atoms with Crippen molar-refractivity contribution in [1.82, 2.24) is 14.4 Å². The molecule has 1 aliphatic heterocycles. The molecule has 0 aliphatic carbocycles. The van der Waals surface area contributed by atoms with Gasteiger partial charge in [0.05, 0.1) is 11.2 Å². The van der Waals surface area contributed by atoms with Gasteiger partial charge < -0.3 is 4.52 Å². The predicted molar refractivity (Wildman–Crippen MR) is 57.4 cm³/mol. The van der Waals surface area contributed by atoms with Crippen molar-refractivity contribution < 1.29 is 12.9 Å². The molecule has 0 amide bonds. The number of aromatic nitrogens is 2. The summed E-state index contributed by atoms with van der Waals surface area (Å²) in [6.45, 7) is 6.00. The van der Waals surface area contributed by atoms with Gasteiger partial charge in [-0.3, -0.25) is 0 Å². The van der Waals surface area contributed by atoms with E-state index in [0.29, 0.717) is 24.8 Å². The monoisotopic (exact) mass is 245 g/mol. The SMILES string of the molecule is Cc1noc(C2CN(S(=O)(=O)C(C)C)C2)n1. The molecular weight excluding hydrogens is 230 g/mol. The second kappa shape index (κ2) is 3.81. The van der Waals surface area contributed by atoms with E-state index in [1.807, 2.05) is 0 Å². The van der Waals surface area contributed by atoms with Crippen molar-refractivity contribution in [3.8, 4) is 0 Å². The van der Waals surface area contributed by atoms with Gasteiger partial charge in [0, 0.05) is 13.1 Å². The summed E-state index contributed by atoms with van der Waals surface area (Å²) in [6.07, 6.45) is 0. The minimum absolute atomic E-state index is 0.0507. The lowest BCUT2D eigenvalue weighted by molar-refractivity contribution is 0.215. The molecule has 16 heavy (non-hydrogen) atoms. The highest BCUT2D eigenvalue weighted by Crippen LogP contribution is 2.29. The van der Waals surface area contributed by atoms with E-state index < -0.39 is 10.0 Å². The van der Waals surface area contributed by atoms with Crippen molar-refractivity contribution in [2.75, 3.05) is 13.1 Å². The van der Waals surface area contributed by atoms with Gasteiger partial charge >= 0.3 is 0 Å². The van der Waals surface area contributed by atoms with Crippen LogP contribution in [0.2, 0.25) is 0 Å². The zero-order chi connectivity index (χ0) is 11.9. The van der Waals surface area contributed by atoms with Gasteiger partial charge in [0.2, 0.25) is 15.9 Å². The molecule has 0 saturated carbocycles. The lowest BCUT2D eigenvalue weighted by Crippen LogP contribution is -2.50. The maximum Gasteiger partial charge on any atom is 0.232 e. The van der Waals surface area contributed by atoms with E-state index in [9.17, 15) is 8.42 Å². The Hall–Kier alpha value is -0.950. The fourth-order valence-electron chi connectivity index (χ4n) is 1.58. The molecule has 1 aromatic heterocycles. The van der Waals surface area contributed by atoms with Crippen LogP contribution in [0.4, 0.5) is 0 Å². The molecular formula is C9H15N3O3S. The zero-order valence-corrected chi connectivity index (χ0v) is 10.4. The Balaban J connectivity index is 2.01. The van der Waals surface area contributed by atoms with Gasteiger partial charge in [0.15, 0.2) is 5.82 Å². The second-order valence-corrected chi connectivity index (χ2v) is 6.78. The van der Waals surface area contributed by atoms with E-state index in [0.717, 1.165) is 0 Å². The van der Waals surface area contributed by atoms with Gasteiger partial charge in [0.25, 0.3) is 0 Å². The highest BCUT2D eigenvalue weighted by atomic mass is 32.2. The van der Waals surface area contributed by atoms with E-state index >= 15 is 0 Å². The molecule has 2 rings (SSSR count). The van der Waals surface area contributed by atoms with E-state index in [2.05, 4.69) is 10.1 Å². The number of hydrogen-bond donors (Lipinski definition) is 0. The van der Waals surface area contributed by atoms with Gasteiger partial charge in [-0.05, 0) is 20.8 Å². The predicted octanol–water partition coefficient (Wildman–Crippen LogP) is 0.515. The molecule has 1 fully saturated rings. The second-order valence-electron chi connectivity index (χ2n) is 4.29. The third-order valence-corrected chi connectivity index (χ3v) is 4.91. The third kappa shape index (κ3) is 1.84. The quantitative estimate of drug-likeness (QED) is 0.775. The van der Waals surface area contributed by atoms with Crippen LogP contribution in [0, 0.1) is 6.92 Å². The molecule has 2 heterocycles. The molecule has 7 heteroatoms. The van der Waals surface area contributed by atoms with Crippen molar-refractivity contribution in [3.63, 3.8) is 0 Å². The van der Waals surface area contributed by atoms with Crippen molar-refractivity contribution in [2.45, 2.75) is 31.9 Å². The summed E-state index contributed by atoms with van der Waals surface area (Å²) >= 11 is 0. The van der Waals surface area contributed by atoms with Crippen molar-refractivity contribution in [2.24, 2.45) is 0 Å². The zero-order valence-electron chi connectivity index (χ0n) is 9.54. The van der Waals surface area contributed by atoms with Crippen LogP contribution in [0.3, 0.4) is 0 Å². The average molecular weight is 245 g/mol. The lowest BCUT2D eigenvalue weighted by Gasteiger charge is -2.36. The number of hydrogen-bond acceptors (Lipinski definition) is 5. The highest BCUT2D eigenvalue weighted by Gasteiger charge is 2.40.